The van der Waals surface area contributed by atoms with Crippen LogP contribution in [-0.2, 0) is 13.0 Å². The zero-order chi connectivity index (χ0) is 18.3. The first-order valence-corrected chi connectivity index (χ1v) is 9.68. The van der Waals surface area contributed by atoms with E-state index in [1.165, 1.54) is 0 Å². The number of nitrogens with one attached hydrogen (secondary N) is 1. The maximum Gasteiger partial charge on any atom is 0.276 e. The highest BCUT2D eigenvalue weighted by Gasteiger charge is 2.29. The fourth-order valence-corrected chi connectivity index (χ4v) is 4.44. The smallest absolute Gasteiger partial charge is 0.276 e. The lowest BCUT2D eigenvalue weighted by atomic mass is 9.99. The highest BCUT2D eigenvalue weighted by Crippen LogP contribution is 2.31. The number of benzene rings is 1. The largest absolute Gasteiger partial charge is 0.332 e. The molecule has 0 unspecified atom stereocenters. The van der Waals surface area contributed by atoms with Crippen molar-refractivity contribution in [3.05, 3.63) is 44.7 Å². The molecule has 6 nitrogen and oxygen atoms in total. The van der Waals surface area contributed by atoms with E-state index in [0.717, 1.165) is 49.2 Å². The first kappa shape index (κ1) is 20.4. The van der Waals surface area contributed by atoms with Gasteiger partial charge in [0.25, 0.3) is 5.91 Å². The van der Waals surface area contributed by atoms with Crippen LogP contribution in [0.1, 0.15) is 46.2 Å². The van der Waals surface area contributed by atoms with Gasteiger partial charge < -0.3 is 10.2 Å². The molecule has 9 heteroatoms. The SMILES string of the molecule is Cc1c(C(=O)N2CCc3cc(Cl)cc(Cl)c3C2)nnn1C1CCNCC1.Cl. The summed E-state index contributed by atoms with van der Waals surface area (Å²) in [5.74, 6) is -0.0839. The molecule has 2 aromatic rings. The number of hydrogen-bond donors (Lipinski definition) is 1. The topological polar surface area (TPSA) is 63.1 Å². The molecule has 0 bridgehead atoms. The van der Waals surface area contributed by atoms with Crippen LogP contribution in [0.25, 0.3) is 0 Å². The summed E-state index contributed by atoms with van der Waals surface area (Å²) in [6.07, 6.45) is 2.75. The Balaban J connectivity index is 0.00000210. The van der Waals surface area contributed by atoms with E-state index < -0.39 is 0 Å². The summed E-state index contributed by atoms with van der Waals surface area (Å²) in [4.78, 5) is 14.8. The molecule has 0 saturated carbocycles. The van der Waals surface area contributed by atoms with Gasteiger partial charge in [-0.2, -0.15) is 0 Å². The molecule has 2 aliphatic rings. The molecular weight excluding hydrogens is 409 g/mol. The summed E-state index contributed by atoms with van der Waals surface area (Å²) in [7, 11) is 0. The number of amides is 1. The Kier molecular flexibility index (Phi) is 6.31. The maximum atomic E-state index is 13.0. The number of piperidine rings is 1. The summed E-state index contributed by atoms with van der Waals surface area (Å²) in [6, 6.07) is 3.97. The van der Waals surface area contributed by atoms with Crippen LogP contribution in [-0.4, -0.2) is 45.4 Å². The fraction of sp³-hybridized carbons (Fsp3) is 0.500. The average Bonchev–Trinajstić information content (AvgIpc) is 3.03. The molecule has 27 heavy (non-hydrogen) atoms. The second kappa shape index (κ2) is 8.35. The average molecular weight is 431 g/mol. The fourth-order valence-electron chi connectivity index (χ4n) is 3.84. The molecule has 0 aliphatic carbocycles. The second-order valence-corrected chi connectivity index (χ2v) is 7.79. The van der Waals surface area contributed by atoms with Gasteiger partial charge in [0.15, 0.2) is 5.69 Å². The van der Waals surface area contributed by atoms with E-state index in [-0.39, 0.29) is 18.3 Å². The van der Waals surface area contributed by atoms with Crippen molar-refractivity contribution in [2.75, 3.05) is 19.6 Å². The number of rotatable bonds is 2. The number of aromatic nitrogens is 3. The van der Waals surface area contributed by atoms with Gasteiger partial charge in [-0.3, -0.25) is 4.79 Å². The number of carbonyl (C=O) groups excluding carboxylic acids is 1. The Morgan fingerprint density at radius 1 is 1.26 bits per heavy atom. The minimum absolute atomic E-state index is 0. The lowest BCUT2D eigenvalue weighted by molar-refractivity contribution is 0.0728. The second-order valence-electron chi connectivity index (χ2n) is 6.95. The van der Waals surface area contributed by atoms with Crippen molar-refractivity contribution in [3.8, 4) is 0 Å². The van der Waals surface area contributed by atoms with Crippen molar-refractivity contribution in [1.29, 1.82) is 0 Å². The van der Waals surface area contributed by atoms with E-state index in [2.05, 4.69) is 15.6 Å². The van der Waals surface area contributed by atoms with Gasteiger partial charge >= 0.3 is 0 Å². The van der Waals surface area contributed by atoms with Crippen molar-refractivity contribution >= 4 is 41.5 Å². The molecule has 1 fully saturated rings. The van der Waals surface area contributed by atoms with Crippen molar-refractivity contribution in [2.45, 2.75) is 38.8 Å². The Bertz CT molecular complexity index is 848. The predicted molar refractivity (Wildman–Crippen MR) is 108 cm³/mol. The van der Waals surface area contributed by atoms with Gasteiger partial charge in [0, 0.05) is 23.1 Å². The third-order valence-corrected chi connectivity index (χ3v) is 5.88. The van der Waals surface area contributed by atoms with Crippen LogP contribution >= 0.6 is 35.6 Å². The lowest BCUT2D eigenvalue weighted by Gasteiger charge is -2.29. The van der Waals surface area contributed by atoms with E-state index in [1.807, 2.05) is 17.7 Å². The molecule has 1 amide bonds. The van der Waals surface area contributed by atoms with Gasteiger partial charge in [0.05, 0.1) is 11.7 Å². The summed E-state index contributed by atoms with van der Waals surface area (Å²) < 4.78 is 1.92. The van der Waals surface area contributed by atoms with Crippen molar-refractivity contribution in [1.82, 2.24) is 25.2 Å². The first-order chi connectivity index (χ1) is 12.5. The number of fused-ring (bicyclic) bond motifs is 1. The number of nitrogens with zero attached hydrogens (tertiary/aromatic N) is 4. The van der Waals surface area contributed by atoms with E-state index >= 15 is 0 Å². The quantitative estimate of drug-likeness (QED) is 0.793. The Labute approximate surface area is 174 Å². The molecule has 1 aromatic carbocycles. The molecule has 146 valence electrons. The number of halogens is 3. The van der Waals surface area contributed by atoms with Gasteiger partial charge in [-0.15, -0.1) is 17.5 Å². The highest BCUT2D eigenvalue weighted by atomic mass is 35.5. The summed E-state index contributed by atoms with van der Waals surface area (Å²) in [6.45, 7) is 4.97. The Morgan fingerprint density at radius 3 is 2.74 bits per heavy atom. The van der Waals surface area contributed by atoms with Gasteiger partial charge in [0.2, 0.25) is 0 Å². The van der Waals surface area contributed by atoms with Crippen LogP contribution in [0.15, 0.2) is 12.1 Å². The molecule has 1 aromatic heterocycles. The van der Waals surface area contributed by atoms with Crippen LogP contribution in [0.2, 0.25) is 10.0 Å². The first-order valence-electron chi connectivity index (χ1n) is 8.93. The van der Waals surface area contributed by atoms with Crippen LogP contribution in [0.4, 0.5) is 0 Å². The molecule has 1 saturated heterocycles. The monoisotopic (exact) mass is 429 g/mol. The minimum atomic E-state index is -0.0839. The molecular formula is C18H22Cl3N5O. The maximum absolute atomic E-state index is 13.0. The lowest BCUT2D eigenvalue weighted by Crippen LogP contribution is -2.36. The van der Waals surface area contributed by atoms with Crippen LogP contribution in [0.3, 0.4) is 0 Å². The number of carbonyl (C=O) groups is 1. The van der Waals surface area contributed by atoms with E-state index in [4.69, 9.17) is 23.2 Å². The molecule has 3 heterocycles. The summed E-state index contributed by atoms with van der Waals surface area (Å²) >= 11 is 12.4. The van der Waals surface area contributed by atoms with Gasteiger partial charge in [-0.05, 0) is 62.5 Å². The van der Waals surface area contributed by atoms with Gasteiger partial charge in [0.1, 0.15) is 0 Å². The third kappa shape index (κ3) is 3.94. The molecule has 0 spiro atoms. The highest BCUT2D eigenvalue weighted by molar-refractivity contribution is 6.35. The molecule has 4 rings (SSSR count). The molecule has 1 N–H and O–H groups in total. The van der Waals surface area contributed by atoms with Crippen LogP contribution in [0, 0.1) is 6.92 Å². The van der Waals surface area contributed by atoms with E-state index in [0.29, 0.717) is 34.9 Å². The van der Waals surface area contributed by atoms with Crippen LogP contribution < -0.4 is 5.32 Å². The van der Waals surface area contributed by atoms with Crippen molar-refractivity contribution < 1.29 is 4.79 Å². The van der Waals surface area contributed by atoms with E-state index in [9.17, 15) is 4.79 Å². The third-order valence-electron chi connectivity index (χ3n) is 5.32. The predicted octanol–water partition coefficient (Wildman–Crippen LogP) is 3.44. The molecule has 0 radical (unpaired) electrons. The summed E-state index contributed by atoms with van der Waals surface area (Å²) in [5.41, 5.74) is 3.37. The molecule has 2 aliphatic heterocycles. The summed E-state index contributed by atoms with van der Waals surface area (Å²) in [5, 5.41) is 13.1. The van der Waals surface area contributed by atoms with E-state index in [1.54, 1.807) is 11.0 Å². The van der Waals surface area contributed by atoms with Crippen molar-refractivity contribution in [3.63, 3.8) is 0 Å². The van der Waals surface area contributed by atoms with Crippen molar-refractivity contribution in [2.24, 2.45) is 0 Å². The Hall–Kier alpha value is -1.34. The minimum Gasteiger partial charge on any atom is -0.332 e. The zero-order valence-electron chi connectivity index (χ0n) is 15.0. The van der Waals surface area contributed by atoms with Gasteiger partial charge in [-0.25, -0.2) is 4.68 Å². The number of hydrogen-bond acceptors (Lipinski definition) is 4. The van der Waals surface area contributed by atoms with Gasteiger partial charge in [-0.1, -0.05) is 28.4 Å². The van der Waals surface area contributed by atoms with Crippen LogP contribution in [0.5, 0.6) is 0 Å². The Morgan fingerprint density at radius 2 is 2.00 bits per heavy atom. The normalized spacial score (nSPS) is 17.4. The zero-order valence-corrected chi connectivity index (χ0v) is 17.4. The molecule has 0 atom stereocenters. The standard InChI is InChI=1S/C18H21Cl2N5O.ClH/c1-11-17(22-23-25(11)14-2-5-21-6-3-14)18(26)24-7-4-12-8-13(19)9-16(20)15(12)10-24;/h8-9,14,21H,2-7,10H2,1H3;1H.